The molecule has 0 N–H and O–H groups in total. The molecule has 0 spiro atoms. The third-order valence-corrected chi connectivity index (χ3v) is 3.88. The van der Waals surface area contributed by atoms with Crippen molar-refractivity contribution in [3.63, 3.8) is 0 Å². The average molecular weight is 336 g/mol. The van der Waals surface area contributed by atoms with Crippen molar-refractivity contribution in [2.45, 2.75) is 12.6 Å². The van der Waals surface area contributed by atoms with Gasteiger partial charge in [0.2, 0.25) is 0 Å². The molecule has 5 heteroatoms. The minimum absolute atomic E-state index is 0.401. The molecule has 4 nitrogen and oxygen atoms in total. The molecule has 118 valence electrons. The fourth-order valence-corrected chi connectivity index (χ4v) is 2.63. The van der Waals surface area contributed by atoms with E-state index >= 15 is 0 Å². The Kier molecular flexibility index (Phi) is 5.05. The molecule has 0 fully saturated rings. The van der Waals surface area contributed by atoms with Crippen LogP contribution in [0.3, 0.4) is 0 Å². The second-order valence-corrected chi connectivity index (χ2v) is 5.64. The number of rotatable bonds is 4. The van der Waals surface area contributed by atoms with E-state index in [-0.39, 0.29) is 0 Å². The number of nitroso groups, excluding NO2 is 1. The number of nitrogens with zero attached hydrogens (tertiary/aromatic N) is 3. The van der Waals surface area contributed by atoms with E-state index in [4.69, 9.17) is 11.6 Å². The number of benzene rings is 2. The van der Waals surface area contributed by atoms with E-state index in [9.17, 15) is 4.91 Å². The van der Waals surface area contributed by atoms with Crippen molar-refractivity contribution in [1.29, 1.82) is 0 Å². The van der Waals surface area contributed by atoms with Gasteiger partial charge in [-0.25, -0.2) is 4.98 Å². The molecule has 1 unspecified atom stereocenters. The molecule has 0 radical (unpaired) electrons. The minimum Gasteiger partial charge on any atom is -0.335 e. The van der Waals surface area contributed by atoms with Crippen LogP contribution in [0.25, 0.3) is 0 Å². The van der Waals surface area contributed by atoms with E-state index in [0.717, 1.165) is 11.1 Å². The van der Waals surface area contributed by atoms with Gasteiger partial charge in [-0.2, -0.15) is 4.91 Å². The standard InChI is InChI=1S/C19H14ClN3O/c20-18-12-16(7-6-15-4-2-1-3-5-15)8-9-17(18)19(22-24)13-23-11-10-21-14-23/h1-5,8-12,14,19H,13H2. The Morgan fingerprint density at radius 3 is 2.58 bits per heavy atom. The molecule has 3 rings (SSSR count). The number of hydrogen-bond donors (Lipinski definition) is 0. The van der Waals surface area contributed by atoms with Gasteiger partial charge in [-0.15, -0.1) is 0 Å². The summed E-state index contributed by atoms with van der Waals surface area (Å²) in [5.41, 5.74) is 2.41. The summed E-state index contributed by atoms with van der Waals surface area (Å²) in [4.78, 5) is 15.2. The molecule has 0 saturated heterocycles. The summed E-state index contributed by atoms with van der Waals surface area (Å²) < 4.78 is 1.80. The van der Waals surface area contributed by atoms with E-state index in [0.29, 0.717) is 17.1 Å². The Bertz CT molecular complexity index is 880. The fourth-order valence-electron chi connectivity index (χ4n) is 2.32. The van der Waals surface area contributed by atoms with Gasteiger partial charge in [-0.3, -0.25) is 0 Å². The Morgan fingerprint density at radius 1 is 1.12 bits per heavy atom. The number of halogens is 1. The second kappa shape index (κ2) is 7.58. The zero-order valence-electron chi connectivity index (χ0n) is 12.8. The second-order valence-electron chi connectivity index (χ2n) is 5.23. The van der Waals surface area contributed by atoms with Gasteiger partial charge in [0.25, 0.3) is 0 Å². The van der Waals surface area contributed by atoms with Crippen LogP contribution in [0.1, 0.15) is 22.7 Å². The summed E-state index contributed by atoms with van der Waals surface area (Å²) in [6, 6.07) is 14.6. The molecule has 24 heavy (non-hydrogen) atoms. The molecule has 0 aliphatic rings. The minimum atomic E-state index is -0.567. The smallest absolute Gasteiger partial charge is 0.136 e. The summed E-state index contributed by atoms with van der Waals surface area (Å²) in [5.74, 6) is 6.15. The third kappa shape index (κ3) is 3.89. The van der Waals surface area contributed by atoms with Crippen LogP contribution < -0.4 is 0 Å². The summed E-state index contributed by atoms with van der Waals surface area (Å²) in [7, 11) is 0. The molecule has 0 bridgehead atoms. The molecule has 0 amide bonds. The van der Waals surface area contributed by atoms with Crippen LogP contribution in [0.5, 0.6) is 0 Å². The molecule has 2 aromatic carbocycles. The molecule has 1 aromatic heterocycles. The van der Waals surface area contributed by atoms with E-state index < -0.39 is 6.04 Å². The first kappa shape index (κ1) is 16.0. The lowest BCUT2D eigenvalue weighted by Crippen LogP contribution is -2.06. The predicted octanol–water partition coefficient (Wildman–Crippen LogP) is 4.44. The molecule has 1 atom stereocenters. The van der Waals surface area contributed by atoms with Crippen LogP contribution in [0.2, 0.25) is 5.02 Å². The predicted molar refractivity (Wildman–Crippen MR) is 94.6 cm³/mol. The van der Waals surface area contributed by atoms with Crippen molar-refractivity contribution in [2.75, 3.05) is 0 Å². The van der Waals surface area contributed by atoms with Crippen molar-refractivity contribution in [3.8, 4) is 11.8 Å². The molecule has 0 aliphatic heterocycles. The van der Waals surface area contributed by atoms with Crippen LogP contribution in [-0.4, -0.2) is 9.55 Å². The zero-order chi connectivity index (χ0) is 16.8. The van der Waals surface area contributed by atoms with Crippen molar-refractivity contribution in [2.24, 2.45) is 5.18 Å². The van der Waals surface area contributed by atoms with Gasteiger partial charge >= 0.3 is 0 Å². The Morgan fingerprint density at radius 2 is 1.92 bits per heavy atom. The Hall–Kier alpha value is -2.90. The average Bonchev–Trinajstić information content (AvgIpc) is 3.12. The summed E-state index contributed by atoms with van der Waals surface area (Å²) in [6.07, 6.45) is 5.09. The number of hydrogen-bond acceptors (Lipinski definition) is 3. The normalized spacial score (nSPS) is 11.4. The maximum Gasteiger partial charge on any atom is 0.136 e. The highest BCUT2D eigenvalue weighted by Crippen LogP contribution is 2.28. The fraction of sp³-hybridized carbons (Fsp3) is 0.105. The van der Waals surface area contributed by atoms with Crippen LogP contribution in [-0.2, 0) is 6.54 Å². The highest BCUT2D eigenvalue weighted by molar-refractivity contribution is 6.31. The highest BCUT2D eigenvalue weighted by atomic mass is 35.5. The molecular formula is C19H14ClN3O. The van der Waals surface area contributed by atoms with Gasteiger partial charge < -0.3 is 4.57 Å². The van der Waals surface area contributed by atoms with Crippen LogP contribution in [0, 0.1) is 16.7 Å². The van der Waals surface area contributed by atoms with Gasteiger partial charge in [-0.05, 0) is 24.3 Å². The topological polar surface area (TPSA) is 47.2 Å². The summed E-state index contributed by atoms with van der Waals surface area (Å²) in [5, 5.41) is 3.68. The van der Waals surface area contributed by atoms with E-state index in [1.54, 1.807) is 35.4 Å². The maximum atomic E-state index is 11.2. The quantitative estimate of drug-likeness (QED) is 0.522. The van der Waals surface area contributed by atoms with Crippen LogP contribution in [0.4, 0.5) is 0 Å². The Balaban J connectivity index is 1.81. The largest absolute Gasteiger partial charge is 0.335 e. The van der Waals surface area contributed by atoms with Crippen molar-refractivity contribution in [1.82, 2.24) is 9.55 Å². The van der Waals surface area contributed by atoms with E-state index in [1.807, 2.05) is 36.4 Å². The maximum absolute atomic E-state index is 11.2. The molecule has 3 aromatic rings. The monoisotopic (exact) mass is 335 g/mol. The van der Waals surface area contributed by atoms with Gasteiger partial charge in [0.15, 0.2) is 0 Å². The van der Waals surface area contributed by atoms with Gasteiger partial charge in [0.1, 0.15) is 6.04 Å². The first-order valence-electron chi connectivity index (χ1n) is 7.41. The van der Waals surface area contributed by atoms with Gasteiger partial charge in [0, 0.05) is 34.1 Å². The molecule has 1 heterocycles. The molecule has 0 aliphatic carbocycles. The number of imidazole rings is 1. The van der Waals surface area contributed by atoms with E-state index in [2.05, 4.69) is 22.0 Å². The number of aromatic nitrogens is 2. The van der Waals surface area contributed by atoms with Crippen LogP contribution in [0.15, 0.2) is 72.4 Å². The summed E-state index contributed by atoms with van der Waals surface area (Å²) in [6.45, 7) is 0.401. The first-order chi connectivity index (χ1) is 11.8. The van der Waals surface area contributed by atoms with Gasteiger partial charge in [-0.1, -0.05) is 52.9 Å². The van der Waals surface area contributed by atoms with Gasteiger partial charge in [0.05, 0.1) is 12.9 Å². The first-order valence-corrected chi connectivity index (χ1v) is 7.79. The van der Waals surface area contributed by atoms with Crippen molar-refractivity contribution in [3.05, 3.63) is 93.9 Å². The summed E-state index contributed by atoms with van der Waals surface area (Å²) >= 11 is 6.33. The SMILES string of the molecule is O=NC(Cn1ccnc1)c1ccc(C#Cc2ccccc2)cc1Cl. The molecular weight excluding hydrogens is 322 g/mol. The Labute approximate surface area is 145 Å². The molecule has 0 saturated carbocycles. The lowest BCUT2D eigenvalue weighted by Gasteiger charge is -2.12. The van der Waals surface area contributed by atoms with Crippen molar-refractivity contribution < 1.29 is 0 Å². The lowest BCUT2D eigenvalue weighted by atomic mass is 10.0. The van der Waals surface area contributed by atoms with Crippen molar-refractivity contribution >= 4 is 11.6 Å². The third-order valence-electron chi connectivity index (χ3n) is 3.55. The van der Waals surface area contributed by atoms with E-state index in [1.165, 1.54) is 0 Å². The zero-order valence-corrected chi connectivity index (χ0v) is 13.5. The highest BCUT2D eigenvalue weighted by Gasteiger charge is 2.16. The lowest BCUT2D eigenvalue weighted by molar-refractivity contribution is 0.575. The van der Waals surface area contributed by atoms with Crippen LogP contribution >= 0.6 is 11.6 Å².